The standard InChI is InChI=1S/C19H22N4/c1-15-2-4-16(5-3-15)12-17-13-23-14-18(6-7-19(23)21-17)22-10-8-20-9-11-22/h2-7,13-14,20H,8-12H2,1H3. The molecule has 0 spiro atoms. The molecule has 0 unspecified atom stereocenters. The maximum Gasteiger partial charge on any atom is 0.137 e. The van der Waals surface area contributed by atoms with Gasteiger partial charge in [-0.25, -0.2) is 4.98 Å². The van der Waals surface area contributed by atoms with Crippen LogP contribution >= 0.6 is 0 Å². The van der Waals surface area contributed by atoms with Crippen molar-refractivity contribution >= 4 is 11.3 Å². The van der Waals surface area contributed by atoms with Crippen molar-refractivity contribution in [1.82, 2.24) is 14.7 Å². The van der Waals surface area contributed by atoms with Gasteiger partial charge in [0.15, 0.2) is 0 Å². The van der Waals surface area contributed by atoms with Crippen molar-refractivity contribution in [3.8, 4) is 0 Å². The Bertz CT molecular complexity index is 798. The molecule has 1 saturated heterocycles. The van der Waals surface area contributed by atoms with Gasteiger partial charge in [0.25, 0.3) is 0 Å². The highest BCUT2D eigenvalue weighted by molar-refractivity contribution is 5.53. The lowest BCUT2D eigenvalue weighted by Crippen LogP contribution is -2.43. The number of nitrogens with zero attached hydrogens (tertiary/aromatic N) is 3. The Balaban J connectivity index is 1.58. The maximum atomic E-state index is 4.75. The first-order chi connectivity index (χ1) is 11.3. The highest BCUT2D eigenvalue weighted by atomic mass is 15.2. The number of fused-ring (bicyclic) bond motifs is 1. The van der Waals surface area contributed by atoms with E-state index in [0.717, 1.165) is 43.9 Å². The lowest BCUT2D eigenvalue weighted by atomic mass is 10.1. The van der Waals surface area contributed by atoms with Gasteiger partial charge in [-0.3, -0.25) is 0 Å². The third kappa shape index (κ3) is 3.08. The summed E-state index contributed by atoms with van der Waals surface area (Å²) in [5.41, 5.74) is 6.02. The largest absolute Gasteiger partial charge is 0.368 e. The SMILES string of the molecule is Cc1ccc(Cc2cn3cc(N4CCNCC4)ccc3n2)cc1. The van der Waals surface area contributed by atoms with Crippen LogP contribution in [-0.4, -0.2) is 35.6 Å². The van der Waals surface area contributed by atoms with Gasteiger partial charge in [0, 0.05) is 45.0 Å². The van der Waals surface area contributed by atoms with Crippen molar-refractivity contribution in [3.05, 3.63) is 65.6 Å². The zero-order valence-electron chi connectivity index (χ0n) is 13.5. The number of rotatable bonds is 3. The van der Waals surface area contributed by atoms with Crippen LogP contribution in [0.1, 0.15) is 16.8 Å². The number of piperazine rings is 1. The summed E-state index contributed by atoms with van der Waals surface area (Å²) in [7, 11) is 0. The van der Waals surface area contributed by atoms with Gasteiger partial charge in [0.2, 0.25) is 0 Å². The first-order valence-corrected chi connectivity index (χ1v) is 8.27. The van der Waals surface area contributed by atoms with Crippen molar-refractivity contribution in [2.75, 3.05) is 31.1 Å². The summed E-state index contributed by atoms with van der Waals surface area (Å²) in [6, 6.07) is 13.0. The Morgan fingerprint density at radius 3 is 2.57 bits per heavy atom. The van der Waals surface area contributed by atoms with Crippen molar-refractivity contribution in [2.24, 2.45) is 0 Å². The molecule has 0 bridgehead atoms. The van der Waals surface area contributed by atoms with E-state index in [9.17, 15) is 0 Å². The average molecular weight is 306 g/mol. The van der Waals surface area contributed by atoms with Crippen LogP contribution < -0.4 is 10.2 Å². The van der Waals surface area contributed by atoms with Gasteiger partial charge < -0.3 is 14.6 Å². The number of hydrogen-bond acceptors (Lipinski definition) is 3. The van der Waals surface area contributed by atoms with Crippen LogP contribution in [0.5, 0.6) is 0 Å². The predicted octanol–water partition coefficient (Wildman–Crippen LogP) is 2.64. The number of nitrogens with one attached hydrogen (secondary N) is 1. The molecule has 1 fully saturated rings. The van der Waals surface area contributed by atoms with E-state index >= 15 is 0 Å². The third-order valence-electron chi connectivity index (χ3n) is 4.47. The third-order valence-corrected chi connectivity index (χ3v) is 4.47. The molecule has 4 rings (SSSR count). The molecule has 0 aliphatic carbocycles. The van der Waals surface area contributed by atoms with E-state index in [4.69, 9.17) is 4.98 Å². The molecule has 3 aromatic rings. The van der Waals surface area contributed by atoms with E-state index < -0.39 is 0 Å². The van der Waals surface area contributed by atoms with E-state index in [1.165, 1.54) is 16.8 Å². The fourth-order valence-corrected chi connectivity index (χ4v) is 3.14. The highest BCUT2D eigenvalue weighted by Gasteiger charge is 2.11. The van der Waals surface area contributed by atoms with Crippen LogP contribution in [0.15, 0.2) is 48.8 Å². The second-order valence-electron chi connectivity index (χ2n) is 6.28. The van der Waals surface area contributed by atoms with E-state index in [1.807, 2.05) is 0 Å². The fourth-order valence-electron chi connectivity index (χ4n) is 3.14. The molecular weight excluding hydrogens is 284 g/mol. The minimum Gasteiger partial charge on any atom is -0.368 e. The summed E-state index contributed by atoms with van der Waals surface area (Å²) in [6.45, 7) is 6.36. The first-order valence-electron chi connectivity index (χ1n) is 8.27. The van der Waals surface area contributed by atoms with E-state index in [0.29, 0.717) is 0 Å². The smallest absolute Gasteiger partial charge is 0.137 e. The molecule has 0 saturated carbocycles. The van der Waals surface area contributed by atoms with Gasteiger partial charge >= 0.3 is 0 Å². The van der Waals surface area contributed by atoms with Gasteiger partial charge in [-0.15, -0.1) is 0 Å². The van der Waals surface area contributed by atoms with Gasteiger partial charge in [0.1, 0.15) is 5.65 Å². The molecule has 1 aromatic carbocycles. The van der Waals surface area contributed by atoms with Crippen LogP contribution in [0.3, 0.4) is 0 Å². The maximum absolute atomic E-state index is 4.75. The van der Waals surface area contributed by atoms with Crippen molar-refractivity contribution < 1.29 is 0 Å². The summed E-state index contributed by atoms with van der Waals surface area (Å²) < 4.78 is 2.15. The highest BCUT2D eigenvalue weighted by Crippen LogP contribution is 2.18. The molecule has 4 heteroatoms. The van der Waals surface area contributed by atoms with Crippen LogP contribution in [0.2, 0.25) is 0 Å². The molecule has 0 atom stereocenters. The molecule has 118 valence electrons. The minimum atomic E-state index is 0.880. The van der Waals surface area contributed by atoms with Crippen LogP contribution in [0.25, 0.3) is 5.65 Å². The van der Waals surface area contributed by atoms with Crippen molar-refractivity contribution in [2.45, 2.75) is 13.3 Å². The number of anilines is 1. The number of hydrogen-bond donors (Lipinski definition) is 1. The molecule has 4 nitrogen and oxygen atoms in total. The summed E-state index contributed by atoms with van der Waals surface area (Å²) in [4.78, 5) is 7.17. The Morgan fingerprint density at radius 2 is 1.78 bits per heavy atom. The lowest BCUT2D eigenvalue weighted by Gasteiger charge is -2.29. The second-order valence-corrected chi connectivity index (χ2v) is 6.28. The minimum absolute atomic E-state index is 0.880. The first kappa shape index (κ1) is 14.3. The van der Waals surface area contributed by atoms with Crippen LogP contribution in [0, 0.1) is 6.92 Å². The van der Waals surface area contributed by atoms with Gasteiger partial charge in [-0.2, -0.15) is 0 Å². The Labute approximate surface area is 136 Å². The zero-order valence-corrected chi connectivity index (χ0v) is 13.5. The molecule has 0 radical (unpaired) electrons. The zero-order chi connectivity index (χ0) is 15.6. The fraction of sp³-hybridized carbons (Fsp3) is 0.316. The molecule has 0 amide bonds. The molecule has 1 aliphatic rings. The number of imidazole rings is 1. The van der Waals surface area contributed by atoms with Gasteiger partial charge in [-0.05, 0) is 24.6 Å². The monoisotopic (exact) mass is 306 g/mol. The topological polar surface area (TPSA) is 32.6 Å². The second kappa shape index (κ2) is 6.05. The Kier molecular flexibility index (Phi) is 3.75. The number of aryl methyl sites for hydroxylation is 1. The van der Waals surface area contributed by atoms with Crippen molar-refractivity contribution in [3.63, 3.8) is 0 Å². The molecule has 1 N–H and O–H groups in total. The predicted molar refractivity (Wildman–Crippen MR) is 94.3 cm³/mol. The van der Waals surface area contributed by atoms with Gasteiger partial charge in [-0.1, -0.05) is 29.8 Å². The molecule has 1 aliphatic heterocycles. The van der Waals surface area contributed by atoms with E-state index in [2.05, 4.69) is 70.3 Å². The number of aromatic nitrogens is 2. The summed E-state index contributed by atoms with van der Waals surface area (Å²) >= 11 is 0. The summed E-state index contributed by atoms with van der Waals surface area (Å²) in [5.74, 6) is 0. The molecule has 3 heterocycles. The quantitative estimate of drug-likeness (QED) is 0.807. The average Bonchev–Trinajstić information content (AvgIpc) is 2.99. The molecule has 2 aromatic heterocycles. The van der Waals surface area contributed by atoms with E-state index in [1.54, 1.807) is 0 Å². The molecule has 23 heavy (non-hydrogen) atoms. The Hall–Kier alpha value is -2.33. The Morgan fingerprint density at radius 1 is 1.00 bits per heavy atom. The number of pyridine rings is 1. The van der Waals surface area contributed by atoms with Gasteiger partial charge in [0.05, 0.1) is 11.4 Å². The molecular formula is C19H22N4. The summed E-state index contributed by atoms with van der Waals surface area (Å²) in [5, 5.41) is 3.40. The van der Waals surface area contributed by atoms with Crippen LogP contribution in [-0.2, 0) is 6.42 Å². The van der Waals surface area contributed by atoms with E-state index in [-0.39, 0.29) is 0 Å². The summed E-state index contributed by atoms with van der Waals surface area (Å²) in [6.07, 6.45) is 5.23. The van der Waals surface area contributed by atoms with Crippen LogP contribution in [0.4, 0.5) is 5.69 Å². The van der Waals surface area contributed by atoms with Crippen molar-refractivity contribution in [1.29, 1.82) is 0 Å². The number of benzene rings is 1. The normalized spacial score (nSPS) is 15.3. The lowest BCUT2D eigenvalue weighted by molar-refractivity contribution is 0.588.